The van der Waals surface area contributed by atoms with Crippen LogP contribution in [0.15, 0.2) is 57.3 Å². The third kappa shape index (κ3) is 7.43. The standard InChI is InChI=1S/C26H34N2O6/c1-17-7-5-9-19(3)26(30)34-24(12-22-14-28-16-32-22)18(2)8-6-10-20(4)25(29)33-23(17)11-21-13-27-15-31-21/h9-10,13-18,23-24H,5-8,11-12H2,1-4H3/b19-9-,20-10-/t17-,18-,23-,24-/m0/s1. The highest BCUT2D eigenvalue weighted by molar-refractivity contribution is 5.88. The van der Waals surface area contributed by atoms with Gasteiger partial charge >= 0.3 is 11.9 Å². The van der Waals surface area contributed by atoms with Gasteiger partial charge in [-0.15, -0.1) is 0 Å². The quantitative estimate of drug-likeness (QED) is 0.574. The van der Waals surface area contributed by atoms with E-state index in [2.05, 4.69) is 9.97 Å². The summed E-state index contributed by atoms with van der Waals surface area (Å²) >= 11 is 0. The average molecular weight is 471 g/mol. The fourth-order valence-corrected chi connectivity index (χ4v) is 3.93. The van der Waals surface area contributed by atoms with Gasteiger partial charge in [0.15, 0.2) is 12.8 Å². The van der Waals surface area contributed by atoms with Crippen molar-refractivity contribution >= 4 is 11.9 Å². The molecule has 1 aliphatic rings. The number of rotatable bonds is 4. The molecule has 0 saturated carbocycles. The van der Waals surface area contributed by atoms with Crippen LogP contribution in [0.25, 0.3) is 0 Å². The molecule has 0 fully saturated rings. The summed E-state index contributed by atoms with van der Waals surface area (Å²) in [5.74, 6) is 0.785. The SMILES string of the molecule is C/C1=C/CC[C@H](C)[C@H](Cc2cnco2)OC(=O)/C(C)=C\CC[C@H](C)[C@H](Cc2cnco2)OC1=O. The molecule has 0 radical (unpaired) electrons. The highest BCUT2D eigenvalue weighted by atomic mass is 16.5. The molecule has 34 heavy (non-hydrogen) atoms. The summed E-state index contributed by atoms with van der Waals surface area (Å²) in [6.45, 7) is 7.61. The molecule has 8 heteroatoms. The first-order chi connectivity index (χ1) is 16.3. The van der Waals surface area contributed by atoms with Gasteiger partial charge in [-0.2, -0.15) is 0 Å². The predicted molar refractivity (Wildman–Crippen MR) is 124 cm³/mol. The summed E-state index contributed by atoms with van der Waals surface area (Å²) < 4.78 is 22.5. The Morgan fingerprint density at radius 1 is 0.765 bits per heavy atom. The molecule has 2 aromatic heterocycles. The van der Waals surface area contributed by atoms with Gasteiger partial charge in [-0.25, -0.2) is 19.6 Å². The van der Waals surface area contributed by atoms with Crippen LogP contribution in [0.4, 0.5) is 0 Å². The molecular formula is C26H34N2O6. The molecule has 0 aliphatic carbocycles. The lowest BCUT2D eigenvalue weighted by Gasteiger charge is -2.25. The number of hydrogen-bond acceptors (Lipinski definition) is 8. The molecule has 0 saturated heterocycles. The van der Waals surface area contributed by atoms with Gasteiger partial charge in [-0.05, 0) is 51.4 Å². The van der Waals surface area contributed by atoms with Crippen LogP contribution >= 0.6 is 0 Å². The van der Waals surface area contributed by atoms with Crippen LogP contribution in [-0.4, -0.2) is 34.1 Å². The van der Waals surface area contributed by atoms with Gasteiger partial charge in [0, 0.05) is 24.0 Å². The number of carbonyl (C=O) groups excluding carboxylic acids is 2. The van der Waals surface area contributed by atoms with Crippen molar-refractivity contribution in [2.75, 3.05) is 0 Å². The second-order valence-corrected chi connectivity index (χ2v) is 9.11. The first-order valence-electron chi connectivity index (χ1n) is 11.8. The van der Waals surface area contributed by atoms with Crippen LogP contribution < -0.4 is 0 Å². The van der Waals surface area contributed by atoms with E-state index in [-0.39, 0.29) is 36.0 Å². The number of allylic oxidation sites excluding steroid dienone is 2. The van der Waals surface area contributed by atoms with Gasteiger partial charge in [-0.1, -0.05) is 26.0 Å². The predicted octanol–water partition coefficient (Wildman–Crippen LogP) is 5.01. The summed E-state index contributed by atoms with van der Waals surface area (Å²) in [4.78, 5) is 33.5. The third-order valence-electron chi connectivity index (χ3n) is 6.35. The maximum Gasteiger partial charge on any atom is 0.333 e. The fraction of sp³-hybridized carbons (Fsp3) is 0.538. The number of nitrogens with zero attached hydrogens (tertiary/aromatic N) is 2. The molecule has 184 valence electrons. The maximum atomic E-state index is 12.8. The molecule has 0 spiro atoms. The summed E-state index contributed by atoms with van der Waals surface area (Å²) in [5, 5.41) is 0. The Bertz CT molecular complexity index is 897. The largest absolute Gasteiger partial charge is 0.458 e. The zero-order chi connectivity index (χ0) is 24.5. The summed E-state index contributed by atoms with van der Waals surface area (Å²) in [5.41, 5.74) is 1.13. The van der Waals surface area contributed by atoms with E-state index in [0.29, 0.717) is 48.3 Å². The highest BCUT2D eigenvalue weighted by Gasteiger charge is 2.26. The normalized spacial score (nSPS) is 28.8. The molecule has 4 atom stereocenters. The Kier molecular flexibility index (Phi) is 9.24. The Balaban J connectivity index is 1.78. The molecule has 0 aromatic carbocycles. The Morgan fingerprint density at radius 3 is 1.53 bits per heavy atom. The Hall–Kier alpha value is -3.16. The minimum atomic E-state index is -0.359. The van der Waals surface area contributed by atoms with Crippen LogP contribution in [0.5, 0.6) is 0 Å². The van der Waals surface area contributed by atoms with Crippen molar-refractivity contribution < 1.29 is 27.9 Å². The minimum absolute atomic E-state index is 0.0500. The number of oxazole rings is 2. The van der Waals surface area contributed by atoms with Crippen molar-refractivity contribution in [3.05, 3.63) is 60.0 Å². The molecule has 3 heterocycles. The lowest BCUT2D eigenvalue weighted by atomic mass is 9.94. The summed E-state index contributed by atoms with van der Waals surface area (Å²) in [6, 6.07) is 0. The third-order valence-corrected chi connectivity index (χ3v) is 6.35. The second kappa shape index (κ2) is 12.3. The number of cyclic esters (lactones) is 2. The van der Waals surface area contributed by atoms with Crippen molar-refractivity contribution in [1.29, 1.82) is 0 Å². The van der Waals surface area contributed by atoms with E-state index in [1.54, 1.807) is 26.2 Å². The van der Waals surface area contributed by atoms with Crippen molar-refractivity contribution in [2.45, 2.75) is 78.4 Å². The lowest BCUT2D eigenvalue weighted by molar-refractivity contribution is -0.147. The average Bonchev–Trinajstić information content (AvgIpc) is 3.51. The Labute approximate surface area is 200 Å². The number of aromatic nitrogens is 2. The summed E-state index contributed by atoms with van der Waals surface area (Å²) in [7, 11) is 0. The molecule has 0 N–H and O–H groups in total. The lowest BCUT2D eigenvalue weighted by Crippen LogP contribution is -2.29. The molecule has 8 nitrogen and oxygen atoms in total. The number of carbonyl (C=O) groups is 2. The molecule has 2 aromatic rings. The van der Waals surface area contributed by atoms with E-state index in [4.69, 9.17) is 18.3 Å². The van der Waals surface area contributed by atoms with E-state index in [9.17, 15) is 9.59 Å². The molecule has 1 aliphatic heterocycles. The molecule has 0 amide bonds. The minimum Gasteiger partial charge on any atom is -0.458 e. The van der Waals surface area contributed by atoms with Crippen molar-refractivity contribution in [3.8, 4) is 0 Å². The van der Waals surface area contributed by atoms with Gasteiger partial charge in [0.25, 0.3) is 0 Å². The summed E-state index contributed by atoms with van der Waals surface area (Å²) in [6.07, 6.45) is 12.8. The molecule has 0 bridgehead atoms. The fourth-order valence-electron chi connectivity index (χ4n) is 3.93. The number of ether oxygens (including phenoxy) is 2. The van der Waals surface area contributed by atoms with E-state index in [0.717, 1.165) is 12.8 Å². The van der Waals surface area contributed by atoms with Crippen LogP contribution in [0, 0.1) is 11.8 Å². The van der Waals surface area contributed by atoms with Crippen LogP contribution in [0.1, 0.15) is 64.9 Å². The van der Waals surface area contributed by atoms with Crippen LogP contribution in [-0.2, 0) is 31.9 Å². The van der Waals surface area contributed by atoms with Gasteiger partial charge in [0.2, 0.25) is 0 Å². The van der Waals surface area contributed by atoms with Gasteiger partial charge in [-0.3, -0.25) is 0 Å². The Morgan fingerprint density at radius 2 is 1.18 bits per heavy atom. The molecule has 0 unspecified atom stereocenters. The smallest absolute Gasteiger partial charge is 0.333 e. The highest BCUT2D eigenvalue weighted by Crippen LogP contribution is 2.24. The van der Waals surface area contributed by atoms with Gasteiger partial charge in [0.1, 0.15) is 23.7 Å². The van der Waals surface area contributed by atoms with E-state index >= 15 is 0 Å². The van der Waals surface area contributed by atoms with Crippen molar-refractivity contribution in [3.63, 3.8) is 0 Å². The van der Waals surface area contributed by atoms with E-state index in [1.807, 2.05) is 26.0 Å². The molecule has 3 rings (SSSR count). The first kappa shape index (κ1) is 25.5. The number of esters is 2. The van der Waals surface area contributed by atoms with E-state index in [1.165, 1.54) is 12.8 Å². The van der Waals surface area contributed by atoms with Crippen molar-refractivity contribution in [2.24, 2.45) is 11.8 Å². The maximum absolute atomic E-state index is 12.8. The van der Waals surface area contributed by atoms with Crippen LogP contribution in [0.3, 0.4) is 0 Å². The monoisotopic (exact) mass is 470 g/mol. The van der Waals surface area contributed by atoms with E-state index < -0.39 is 0 Å². The van der Waals surface area contributed by atoms with Gasteiger partial charge in [0.05, 0.1) is 12.4 Å². The second-order valence-electron chi connectivity index (χ2n) is 9.11. The molecular weight excluding hydrogens is 436 g/mol. The zero-order valence-electron chi connectivity index (χ0n) is 20.4. The van der Waals surface area contributed by atoms with Crippen molar-refractivity contribution in [1.82, 2.24) is 9.97 Å². The van der Waals surface area contributed by atoms with Gasteiger partial charge < -0.3 is 18.3 Å². The van der Waals surface area contributed by atoms with Crippen LogP contribution in [0.2, 0.25) is 0 Å². The number of hydrogen-bond donors (Lipinski definition) is 0. The first-order valence-corrected chi connectivity index (χ1v) is 11.8. The topological polar surface area (TPSA) is 105 Å². The zero-order valence-corrected chi connectivity index (χ0v) is 20.4.